The molecular formula is C45H30. The number of hydrogen-bond acceptors (Lipinski definition) is 0. The van der Waals surface area contributed by atoms with E-state index in [1.54, 1.807) is 0 Å². The van der Waals surface area contributed by atoms with Gasteiger partial charge in [0, 0.05) is 0 Å². The Labute approximate surface area is 263 Å². The lowest BCUT2D eigenvalue weighted by Crippen LogP contribution is -2.28. The van der Waals surface area contributed by atoms with Crippen molar-refractivity contribution in [3.05, 3.63) is 204 Å². The van der Waals surface area contributed by atoms with Crippen LogP contribution in [0.2, 0.25) is 0 Å². The number of benzene rings is 8. The van der Waals surface area contributed by atoms with Crippen molar-refractivity contribution in [1.29, 1.82) is 0 Å². The van der Waals surface area contributed by atoms with Crippen LogP contribution in [0.25, 0.3) is 54.9 Å². The number of rotatable bonds is 4. The fourth-order valence-electron chi connectivity index (χ4n) is 7.96. The van der Waals surface area contributed by atoms with Crippen LogP contribution in [-0.4, -0.2) is 0 Å². The maximum absolute atomic E-state index is 2.49. The predicted octanol–water partition coefficient (Wildman–Crippen LogP) is 11.7. The molecule has 0 spiro atoms. The van der Waals surface area contributed by atoms with Crippen molar-refractivity contribution in [3.8, 4) is 33.4 Å². The van der Waals surface area contributed by atoms with E-state index in [2.05, 4.69) is 182 Å². The monoisotopic (exact) mass is 570 g/mol. The van der Waals surface area contributed by atoms with Gasteiger partial charge in [-0.15, -0.1) is 0 Å². The summed E-state index contributed by atoms with van der Waals surface area (Å²) in [5, 5.41) is 5.10. The van der Waals surface area contributed by atoms with Gasteiger partial charge in [0.25, 0.3) is 0 Å². The molecule has 0 N–H and O–H groups in total. The first-order chi connectivity index (χ1) is 22.4. The zero-order valence-corrected chi connectivity index (χ0v) is 24.8. The Morgan fingerprint density at radius 3 is 1.27 bits per heavy atom. The van der Waals surface area contributed by atoms with Crippen LogP contribution in [0.3, 0.4) is 0 Å². The summed E-state index contributed by atoms with van der Waals surface area (Å²) >= 11 is 0. The van der Waals surface area contributed by atoms with E-state index in [0.29, 0.717) is 0 Å². The van der Waals surface area contributed by atoms with E-state index in [1.165, 1.54) is 77.2 Å². The van der Waals surface area contributed by atoms with Crippen LogP contribution in [0.1, 0.15) is 22.3 Å². The fraction of sp³-hybridized carbons (Fsp3) is 0.0222. The summed E-state index contributed by atoms with van der Waals surface area (Å²) in [7, 11) is 0. The number of hydrogen-bond donors (Lipinski definition) is 0. The largest absolute Gasteiger partial charge is 0.0713 e. The molecule has 0 saturated carbocycles. The van der Waals surface area contributed by atoms with E-state index in [0.717, 1.165) is 0 Å². The first kappa shape index (κ1) is 25.7. The van der Waals surface area contributed by atoms with E-state index in [9.17, 15) is 0 Å². The molecule has 0 heterocycles. The molecule has 0 amide bonds. The molecule has 0 aromatic heterocycles. The summed E-state index contributed by atoms with van der Waals surface area (Å²) < 4.78 is 0. The normalized spacial score (nSPS) is 13.1. The zero-order valence-electron chi connectivity index (χ0n) is 24.8. The summed E-state index contributed by atoms with van der Waals surface area (Å²) in [4.78, 5) is 0. The maximum Gasteiger partial charge on any atom is 0.0713 e. The molecule has 210 valence electrons. The van der Waals surface area contributed by atoms with Crippen LogP contribution in [0.5, 0.6) is 0 Å². The molecule has 0 atom stereocenters. The average Bonchev–Trinajstić information content (AvgIpc) is 3.42. The predicted molar refractivity (Wildman–Crippen MR) is 190 cm³/mol. The molecule has 1 aliphatic carbocycles. The van der Waals surface area contributed by atoms with Crippen molar-refractivity contribution in [1.82, 2.24) is 0 Å². The summed E-state index contributed by atoms with van der Waals surface area (Å²) in [6.45, 7) is 0. The van der Waals surface area contributed by atoms with Crippen LogP contribution in [0.15, 0.2) is 182 Å². The van der Waals surface area contributed by atoms with E-state index < -0.39 is 5.41 Å². The Morgan fingerprint density at radius 1 is 0.289 bits per heavy atom. The van der Waals surface area contributed by atoms with Gasteiger partial charge in [0.15, 0.2) is 0 Å². The summed E-state index contributed by atoms with van der Waals surface area (Å²) in [6.07, 6.45) is 0. The molecule has 9 rings (SSSR count). The lowest BCUT2D eigenvalue weighted by atomic mass is 9.67. The molecule has 0 bridgehead atoms. The highest BCUT2D eigenvalue weighted by molar-refractivity contribution is 6.21. The molecule has 1 aliphatic rings. The van der Waals surface area contributed by atoms with E-state index >= 15 is 0 Å². The first-order valence-corrected chi connectivity index (χ1v) is 15.7. The highest BCUT2D eigenvalue weighted by atomic mass is 14.5. The zero-order chi connectivity index (χ0) is 29.8. The SMILES string of the molecule is c1ccc(-c2c3ccccc3c(-c3ccc4c(c3)C(c3ccccc3)(c3ccccc3)c3ccccc3-4)c3ccccc23)cc1. The van der Waals surface area contributed by atoms with Gasteiger partial charge >= 0.3 is 0 Å². The standard InChI is InChI=1S/C45H30/c1-4-16-31(17-5-1)43-37-23-10-12-25-39(37)44(40-26-13-11-24-38(40)43)32-28-29-36-35-22-14-15-27-41(35)45(42(36)30-32,33-18-6-2-7-19-33)34-20-8-3-9-21-34/h1-30H. The van der Waals surface area contributed by atoms with Crippen LogP contribution >= 0.6 is 0 Å². The van der Waals surface area contributed by atoms with E-state index in [4.69, 9.17) is 0 Å². The molecule has 45 heavy (non-hydrogen) atoms. The smallest absolute Gasteiger partial charge is 0.0622 e. The third-order valence-corrected chi connectivity index (χ3v) is 9.74. The quantitative estimate of drug-likeness (QED) is 0.185. The maximum atomic E-state index is 2.49. The Bertz CT molecular complexity index is 2250. The lowest BCUT2D eigenvalue weighted by Gasteiger charge is -2.34. The van der Waals surface area contributed by atoms with Gasteiger partial charge < -0.3 is 0 Å². The molecule has 0 nitrogen and oxygen atoms in total. The van der Waals surface area contributed by atoms with Crippen molar-refractivity contribution < 1.29 is 0 Å². The van der Waals surface area contributed by atoms with Crippen LogP contribution in [-0.2, 0) is 5.41 Å². The Hall–Kier alpha value is -5.72. The summed E-state index contributed by atoms with van der Waals surface area (Å²) in [6, 6.07) is 67.0. The van der Waals surface area contributed by atoms with Gasteiger partial charge in [0.2, 0.25) is 0 Å². The second-order valence-corrected chi connectivity index (χ2v) is 12.0. The molecule has 0 unspecified atom stereocenters. The number of fused-ring (bicyclic) bond motifs is 5. The molecule has 0 saturated heterocycles. The summed E-state index contributed by atoms with van der Waals surface area (Å²) in [5.74, 6) is 0. The van der Waals surface area contributed by atoms with Crippen molar-refractivity contribution in [2.45, 2.75) is 5.41 Å². The van der Waals surface area contributed by atoms with Crippen molar-refractivity contribution in [2.75, 3.05) is 0 Å². The Kier molecular flexibility index (Phi) is 5.83. The van der Waals surface area contributed by atoms with Gasteiger partial charge in [-0.25, -0.2) is 0 Å². The van der Waals surface area contributed by atoms with Crippen LogP contribution < -0.4 is 0 Å². The minimum absolute atomic E-state index is 0.431. The van der Waals surface area contributed by atoms with Crippen LogP contribution in [0.4, 0.5) is 0 Å². The van der Waals surface area contributed by atoms with Crippen molar-refractivity contribution in [3.63, 3.8) is 0 Å². The fourth-order valence-corrected chi connectivity index (χ4v) is 7.96. The topological polar surface area (TPSA) is 0 Å². The van der Waals surface area contributed by atoms with Gasteiger partial charge in [-0.2, -0.15) is 0 Å². The Balaban J connectivity index is 1.41. The van der Waals surface area contributed by atoms with Crippen molar-refractivity contribution >= 4 is 21.5 Å². The highest BCUT2D eigenvalue weighted by Gasteiger charge is 2.46. The highest BCUT2D eigenvalue weighted by Crippen LogP contribution is 2.57. The minimum atomic E-state index is -0.431. The van der Waals surface area contributed by atoms with Gasteiger partial charge in [-0.1, -0.05) is 176 Å². The molecule has 0 fully saturated rings. The van der Waals surface area contributed by atoms with Gasteiger partial charge in [0.1, 0.15) is 0 Å². The second kappa shape index (κ2) is 10.2. The second-order valence-electron chi connectivity index (χ2n) is 12.0. The Morgan fingerprint density at radius 2 is 0.711 bits per heavy atom. The molecular weight excluding hydrogens is 540 g/mol. The molecule has 0 aliphatic heterocycles. The van der Waals surface area contributed by atoms with Crippen molar-refractivity contribution in [2.24, 2.45) is 0 Å². The van der Waals surface area contributed by atoms with E-state index in [-0.39, 0.29) is 0 Å². The molecule has 8 aromatic rings. The van der Waals surface area contributed by atoms with Gasteiger partial charge in [0.05, 0.1) is 5.41 Å². The van der Waals surface area contributed by atoms with Gasteiger partial charge in [-0.05, 0) is 83.2 Å². The third kappa shape index (κ3) is 3.73. The third-order valence-electron chi connectivity index (χ3n) is 9.74. The van der Waals surface area contributed by atoms with Gasteiger partial charge in [-0.3, -0.25) is 0 Å². The average molecular weight is 571 g/mol. The minimum Gasteiger partial charge on any atom is -0.0622 e. The van der Waals surface area contributed by atoms with E-state index in [1.807, 2.05) is 0 Å². The molecule has 0 heteroatoms. The lowest BCUT2D eigenvalue weighted by molar-refractivity contribution is 0.769. The molecule has 0 radical (unpaired) electrons. The van der Waals surface area contributed by atoms with Crippen LogP contribution in [0, 0.1) is 0 Å². The first-order valence-electron chi connectivity index (χ1n) is 15.7. The molecule has 8 aromatic carbocycles. The summed E-state index contributed by atoms with van der Waals surface area (Å²) in [5.41, 5.74) is 12.5.